The summed E-state index contributed by atoms with van der Waals surface area (Å²) in [4.78, 5) is 14.8. The molecule has 3 heterocycles. The van der Waals surface area contributed by atoms with Gasteiger partial charge in [-0.05, 0) is 61.8 Å². The maximum absolute atomic E-state index is 12.5. The second-order valence-corrected chi connectivity index (χ2v) is 6.61. The average Bonchev–Trinajstić information content (AvgIpc) is 3.38. The van der Waals surface area contributed by atoms with Gasteiger partial charge in [-0.15, -0.1) is 0 Å². The van der Waals surface area contributed by atoms with E-state index in [-0.39, 0.29) is 5.91 Å². The molecule has 3 aromatic rings. The van der Waals surface area contributed by atoms with Gasteiger partial charge in [0.2, 0.25) is 0 Å². The van der Waals surface area contributed by atoms with Crippen LogP contribution >= 0.6 is 0 Å². The van der Waals surface area contributed by atoms with Crippen molar-refractivity contribution in [2.75, 3.05) is 18.4 Å². The van der Waals surface area contributed by atoms with Gasteiger partial charge in [0.15, 0.2) is 5.76 Å². The number of rotatable bonds is 6. The van der Waals surface area contributed by atoms with Gasteiger partial charge >= 0.3 is 0 Å². The van der Waals surface area contributed by atoms with E-state index in [2.05, 4.69) is 15.3 Å². The first kappa shape index (κ1) is 16.6. The standard InChI is InChI=1S/C20H22N4O2/c25-20(19-8-7-18(26-19)15-23-10-1-2-11-23)22-17-6-3-5-16(13-17)14-24-12-4-9-21-24/h3-9,12-13H,1-2,10-11,14-15H2,(H,22,25). The average molecular weight is 350 g/mol. The van der Waals surface area contributed by atoms with Crippen LogP contribution < -0.4 is 5.32 Å². The van der Waals surface area contributed by atoms with Crippen LogP contribution in [0.1, 0.15) is 34.7 Å². The summed E-state index contributed by atoms with van der Waals surface area (Å²) < 4.78 is 7.57. The highest BCUT2D eigenvalue weighted by molar-refractivity contribution is 6.02. The molecule has 2 aromatic heterocycles. The van der Waals surface area contributed by atoms with Gasteiger partial charge < -0.3 is 9.73 Å². The molecule has 1 amide bonds. The van der Waals surface area contributed by atoms with Crippen molar-refractivity contribution in [1.82, 2.24) is 14.7 Å². The highest BCUT2D eigenvalue weighted by atomic mass is 16.4. The van der Waals surface area contributed by atoms with Crippen molar-refractivity contribution >= 4 is 11.6 Å². The SMILES string of the molecule is O=C(Nc1cccc(Cn2cccn2)c1)c1ccc(CN2CCCC2)o1. The number of hydrogen-bond donors (Lipinski definition) is 1. The van der Waals surface area contributed by atoms with E-state index in [1.165, 1.54) is 12.8 Å². The number of benzene rings is 1. The lowest BCUT2D eigenvalue weighted by Gasteiger charge is -2.11. The van der Waals surface area contributed by atoms with Crippen LogP contribution in [-0.2, 0) is 13.1 Å². The summed E-state index contributed by atoms with van der Waals surface area (Å²) in [6.07, 6.45) is 6.14. The van der Waals surface area contributed by atoms with Crippen LogP contribution in [0.2, 0.25) is 0 Å². The van der Waals surface area contributed by atoms with E-state index in [0.717, 1.165) is 36.6 Å². The molecule has 0 spiro atoms. The Hall–Kier alpha value is -2.86. The predicted octanol–water partition coefficient (Wildman–Crippen LogP) is 3.37. The van der Waals surface area contributed by atoms with Crippen molar-refractivity contribution in [2.24, 2.45) is 0 Å². The Kier molecular flexibility index (Phi) is 4.84. The van der Waals surface area contributed by atoms with E-state index in [4.69, 9.17) is 4.42 Å². The molecular formula is C20H22N4O2. The van der Waals surface area contributed by atoms with Crippen LogP contribution in [-0.4, -0.2) is 33.7 Å². The molecule has 0 radical (unpaired) electrons. The molecule has 1 aliphatic rings. The molecule has 1 aromatic carbocycles. The maximum atomic E-state index is 12.5. The fourth-order valence-electron chi connectivity index (χ4n) is 3.27. The summed E-state index contributed by atoms with van der Waals surface area (Å²) in [5.41, 5.74) is 1.82. The van der Waals surface area contributed by atoms with E-state index in [1.807, 2.05) is 47.3 Å². The van der Waals surface area contributed by atoms with Gasteiger partial charge in [0, 0.05) is 18.1 Å². The lowest BCUT2D eigenvalue weighted by Crippen LogP contribution is -2.18. The van der Waals surface area contributed by atoms with Crippen molar-refractivity contribution in [2.45, 2.75) is 25.9 Å². The molecule has 1 aliphatic heterocycles. The molecule has 1 saturated heterocycles. The number of amides is 1. The molecule has 0 unspecified atom stereocenters. The van der Waals surface area contributed by atoms with Gasteiger partial charge in [0.05, 0.1) is 13.1 Å². The third kappa shape index (κ3) is 4.03. The second-order valence-electron chi connectivity index (χ2n) is 6.61. The van der Waals surface area contributed by atoms with Gasteiger partial charge in [-0.25, -0.2) is 0 Å². The van der Waals surface area contributed by atoms with E-state index >= 15 is 0 Å². The summed E-state index contributed by atoms with van der Waals surface area (Å²) in [6, 6.07) is 13.3. The lowest BCUT2D eigenvalue weighted by molar-refractivity contribution is 0.0993. The zero-order chi connectivity index (χ0) is 17.8. The largest absolute Gasteiger partial charge is 0.455 e. The van der Waals surface area contributed by atoms with Crippen molar-refractivity contribution in [1.29, 1.82) is 0 Å². The first-order valence-electron chi connectivity index (χ1n) is 8.95. The minimum absolute atomic E-state index is 0.228. The highest BCUT2D eigenvalue weighted by Crippen LogP contribution is 2.17. The number of likely N-dealkylation sites (tertiary alicyclic amines) is 1. The molecule has 26 heavy (non-hydrogen) atoms. The molecule has 1 fully saturated rings. The molecule has 134 valence electrons. The number of furan rings is 1. The van der Waals surface area contributed by atoms with E-state index in [0.29, 0.717) is 12.3 Å². The van der Waals surface area contributed by atoms with E-state index in [1.54, 1.807) is 12.3 Å². The topological polar surface area (TPSA) is 63.3 Å². The molecule has 0 bridgehead atoms. The third-order valence-electron chi connectivity index (χ3n) is 4.55. The van der Waals surface area contributed by atoms with Crippen LogP contribution in [0.5, 0.6) is 0 Å². The molecular weight excluding hydrogens is 328 g/mol. The second kappa shape index (κ2) is 7.58. The zero-order valence-corrected chi connectivity index (χ0v) is 14.6. The van der Waals surface area contributed by atoms with Crippen LogP contribution in [0.15, 0.2) is 59.3 Å². The Labute approximate surface area is 152 Å². The minimum Gasteiger partial charge on any atom is -0.455 e. The Balaban J connectivity index is 1.39. The first-order chi connectivity index (χ1) is 12.8. The number of aromatic nitrogens is 2. The fraction of sp³-hybridized carbons (Fsp3) is 0.300. The Bertz CT molecular complexity index is 864. The van der Waals surface area contributed by atoms with Gasteiger partial charge in [-0.1, -0.05) is 12.1 Å². The summed E-state index contributed by atoms with van der Waals surface area (Å²) >= 11 is 0. The predicted molar refractivity (Wildman–Crippen MR) is 98.9 cm³/mol. The Morgan fingerprint density at radius 3 is 2.81 bits per heavy atom. The van der Waals surface area contributed by atoms with Gasteiger partial charge in [0.1, 0.15) is 5.76 Å². The van der Waals surface area contributed by atoms with Crippen molar-refractivity contribution in [3.8, 4) is 0 Å². The van der Waals surface area contributed by atoms with Crippen molar-refractivity contribution in [3.63, 3.8) is 0 Å². The Morgan fingerprint density at radius 2 is 2.00 bits per heavy atom. The fourth-order valence-corrected chi connectivity index (χ4v) is 3.27. The minimum atomic E-state index is -0.228. The maximum Gasteiger partial charge on any atom is 0.291 e. The smallest absolute Gasteiger partial charge is 0.291 e. The van der Waals surface area contributed by atoms with Gasteiger partial charge in [0.25, 0.3) is 5.91 Å². The monoisotopic (exact) mass is 350 g/mol. The molecule has 6 heteroatoms. The number of anilines is 1. The normalized spacial score (nSPS) is 14.6. The summed E-state index contributed by atoms with van der Waals surface area (Å²) in [5.74, 6) is 0.954. The number of hydrogen-bond acceptors (Lipinski definition) is 4. The Morgan fingerprint density at radius 1 is 1.12 bits per heavy atom. The summed E-state index contributed by atoms with van der Waals surface area (Å²) in [6.45, 7) is 3.64. The van der Waals surface area contributed by atoms with Crippen LogP contribution in [0.4, 0.5) is 5.69 Å². The van der Waals surface area contributed by atoms with E-state index < -0.39 is 0 Å². The van der Waals surface area contributed by atoms with Crippen molar-refractivity contribution < 1.29 is 9.21 Å². The number of carbonyl (C=O) groups is 1. The molecule has 6 nitrogen and oxygen atoms in total. The molecule has 0 atom stereocenters. The molecule has 4 rings (SSSR count). The van der Waals surface area contributed by atoms with Crippen LogP contribution in [0.25, 0.3) is 0 Å². The molecule has 0 saturated carbocycles. The quantitative estimate of drug-likeness (QED) is 0.740. The lowest BCUT2D eigenvalue weighted by atomic mass is 10.2. The zero-order valence-electron chi connectivity index (χ0n) is 14.6. The molecule has 0 aliphatic carbocycles. The highest BCUT2D eigenvalue weighted by Gasteiger charge is 2.16. The number of carbonyl (C=O) groups excluding carboxylic acids is 1. The van der Waals surface area contributed by atoms with E-state index in [9.17, 15) is 4.79 Å². The van der Waals surface area contributed by atoms with Crippen molar-refractivity contribution in [3.05, 3.63) is 71.9 Å². The summed E-state index contributed by atoms with van der Waals surface area (Å²) in [5, 5.41) is 7.11. The van der Waals surface area contributed by atoms with Gasteiger partial charge in [-0.3, -0.25) is 14.4 Å². The van der Waals surface area contributed by atoms with Crippen LogP contribution in [0.3, 0.4) is 0 Å². The summed E-state index contributed by atoms with van der Waals surface area (Å²) in [7, 11) is 0. The third-order valence-corrected chi connectivity index (χ3v) is 4.55. The first-order valence-corrected chi connectivity index (χ1v) is 8.95. The molecule has 1 N–H and O–H groups in total. The number of nitrogens with one attached hydrogen (secondary N) is 1. The number of nitrogens with zero attached hydrogens (tertiary/aromatic N) is 3. The van der Waals surface area contributed by atoms with Crippen LogP contribution in [0, 0.1) is 0 Å². The van der Waals surface area contributed by atoms with Gasteiger partial charge in [-0.2, -0.15) is 5.10 Å².